The van der Waals surface area contributed by atoms with Crippen molar-refractivity contribution in [2.75, 3.05) is 7.11 Å². The monoisotopic (exact) mass is 538 g/mol. The first-order valence-electron chi connectivity index (χ1n) is 10.5. The van der Waals surface area contributed by atoms with Crippen LogP contribution in [0.3, 0.4) is 0 Å². The van der Waals surface area contributed by atoms with E-state index in [0.29, 0.717) is 22.8 Å². The number of nitriles is 1. The lowest BCUT2D eigenvalue weighted by atomic mass is 9.83. The first kappa shape index (κ1) is 24.1. The first-order chi connectivity index (χ1) is 16.8. The zero-order valence-electron chi connectivity index (χ0n) is 18.7. The van der Waals surface area contributed by atoms with Gasteiger partial charge in [-0.05, 0) is 55.5 Å². The standard InChI is InChI=1S/C26H20BrFN2O5/c1-14(33-17-6-4-16(28)5-7-17)26(31)34-18-8-9-19-23(12-18)35-25(30)21(13-29)24(19)20-11-15(27)3-10-22(20)32-2/h3-12,14,24H,30H2,1-2H3. The van der Waals surface area contributed by atoms with Crippen LogP contribution in [-0.2, 0) is 4.79 Å². The average molecular weight is 539 g/mol. The second-order valence-corrected chi connectivity index (χ2v) is 8.56. The van der Waals surface area contributed by atoms with Crippen molar-refractivity contribution in [3.8, 4) is 29.1 Å². The van der Waals surface area contributed by atoms with E-state index in [9.17, 15) is 14.4 Å². The molecule has 3 aromatic rings. The number of nitrogens with zero attached hydrogens (tertiary/aromatic N) is 1. The molecule has 1 aliphatic rings. The van der Waals surface area contributed by atoms with Crippen LogP contribution in [0.1, 0.15) is 24.0 Å². The lowest BCUT2D eigenvalue weighted by Crippen LogP contribution is -2.28. The van der Waals surface area contributed by atoms with Crippen LogP contribution in [-0.4, -0.2) is 19.2 Å². The molecule has 35 heavy (non-hydrogen) atoms. The molecule has 0 saturated carbocycles. The maximum absolute atomic E-state index is 13.1. The molecule has 2 N–H and O–H groups in total. The molecule has 1 aliphatic heterocycles. The summed E-state index contributed by atoms with van der Waals surface area (Å²) in [5.74, 6) is -0.219. The van der Waals surface area contributed by atoms with E-state index in [1.807, 2.05) is 12.1 Å². The number of halogens is 2. The molecule has 2 unspecified atom stereocenters. The van der Waals surface area contributed by atoms with Gasteiger partial charge < -0.3 is 24.7 Å². The summed E-state index contributed by atoms with van der Waals surface area (Å²) in [6, 6.07) is 17.7. The number of esters is 1. The van der Waals surface area contributed by atoms with Crippen molar-refractivity contribution in [2.45, 2.75) is 18.9 Å². The number of nitrogens with two attached hydrogens (primary N) is 1. The highest BCUT2D eigenvalue weighted by Gasteiger charge is 2.33. The van der Waals surface area contributed by atoms with Gasteiger partial charge in [-0.3, -0.25) is 0 Å². The molecule has 0 radical (unpaired) electrons. The Morgan fingerprint density at radius 2 is 1.83 bits per heavy atom. The molecular weight excluding hydrogens is 519 g/mol. The number of hydrogen-bond donors (Lipinski definition) is 1. The summed E-state index contributed by atoms with van der Waals surface area (Å²) in [6.07, 6.45) is -0.953. The van der Waals surface area contributed by atoms with E-state index in [2.05, 4.69) is 22.0 Å². The molecule has 0 saturated heterocycles. The van der Waals surface area contributed by atoms with Gasteiger partial charge in [0.25, 0.3) is 0 Å². The summed E-state index contributed by atoms with van der Waals surface area (Å²) in [7, 11) is 1.55. The number of carbonyl (C=O) groups is 1. The minimum absolute atomic E-state index is 0.0523. The molecule has 0 fully saturated rings. The van der Waals surface area contributed by atoms with Crippen LogP contribution in [0.4, 0.5) is 4.39 Å². The van der Waals surface area contributed by atoms with Crippen molar-refractivity contribution in [1.82, 2.24) is 0 Å². The fourth-order valence-electron chi connectivity index (χ4n) is 3.71. The van der Waals surface area contributed by atoms with Crippen LogP contribution in [0.15, 0.2) is 76.6 Å². The number of fused-ring (bicyclic) bond motifs is 1. The zero-order chi connectivity index (χ0) is 25.1. The highest BCUT2D eigenvalue weighted by atomic mass is 79.9. The minimum Gasteiger partial charge on any atom is -0.496 e. The second-order valence-electron chi connectivity index (χ2n) is 7.65. The molecule has 3 aromatic carbocycles. The van der Waals surface area contributed by atoms with Crippen molar-refractivity contribution in [2.24, 2.45) is 5.73 Å². The molecule has 7 nitrogen and oxygen atoms in total. The fraction of sp³-hybridized carbons (Fsp3) is 0.154. The van der Waals surface area contributed by atoms with E-state index in [1.54, 1.807) is 25.3 Å². The summed E-state index contributed by atoms with van der Waals surface area (Å²) < 4.78 is 36.1. The van der Waals surface area contributed by atoms with Gasteiger partial charge in [0.2, 0.25) is 5.88 Å². The van der Waals surface area contributed by atoms with Gasteiger partial charge in [-0.2, -0.15) is 5.26 Å². The highest BCUT2D eigenvalue weighted by Crippen LogP contribution is 2.46. The summed E-state index contributed by atoms with van der Waals surface area (Å²) in [6.45, 7) is 1.52. The summed E-state index contributed by atoms with van der Waals surface area (Å²) in [5.41, 5.74) is 7.70. The van der Waals surface area contributed by atoms with E-state index in [0.717, 1.165) is 10.0 Å². The molecule has 0 bridgehead atoms. The lowest BCUT2D eigenvalue weighted by Gasteiger charge is -2.28. The molecule has 9 heteroatoms. The number of rotatable bonds is 6. The largest absolute Gasteiger partial charge is 0.496 e. The Hall–Kier alpha value is -4.03. The molecule has 0 aromatic heterocycles. The lowest BCUT2D eigenvalue weighted by molar-refractivity contribution is -0.141. The van der Waals surface area contributed by atoms with Gasteiger partial charge in [0, 0.05) is 21.7 Å². The van der Waals surface area contributed by atoms with E-state index < -0.39 is 23.8 Å². The maximum atomic E-state index is 13.1. The third-order valence-electron chi connectivity index (χ3n) is 5.37. The molecule has 4 rings (SSSR count). The van der Waals surface area contributed by atoms with E-state index in [4.69, 9.17) is 24.7 Å². The van der Waals surface area contributed by atoms with E-state index >= 15 is 0 Å². The topological polar surface area (TPSA) is 104 Å². The Morgan fingerprint density at radius 3 is 2.51 bits per heavy atom. The Kier molecular flexibility index (Phi) is 6.94. The van der Waals surface area contributed by atoms with Gasteiger partial charge >= 0.3 is 5.97 Å². The number of ether oxygens (including phenoxy) is 4. The number of methoxy groups -OCH3 is 1. The van der Waals surface area contributed by atoms with Crippen molar-refractivity contribution in [3.63, 3.8) is 0 Å². The van der Waals surface area contributed by atoms with Gasteiger partial charge in [0.15, 0.2) is 6.10 Å². The van der Waals surface area contributed by atoms with Crippen LogP contribution in [0, 0.1) is 17.1 Å². The number of allylic oxidation sites excluding steroid dienone is 1. The van der Waals surface area contributed by atoms with Crippen molar-refractivity contribution in [3.05, 3.63) is 93.5 Å². The van der Waals surface area contributed by atoms with Crippen molar-refractivity contribution < 1.29 is 28.1 Å². The molecule has 2 atom stereocenters. The zero-order valence-corrected chi connectivity index (χ0v) is 20.3. The quantitative estimate of drug-likeness (QED) is 0.340. The van der Waals surface area contributed by atoms with Crippen LogP contribution in [0.25, 0.3) is 0 Å². The molecule has 178 valence electrons. The normalized spacial score (nSPS) is 15.3. The van der Waals surface area contributed by atoms with Crippen molar-refractivity contribution in [1.29, 1.82) is 5.26 Å². The summed E-state index contributed by atoms with van der Waals surface area (Å²) in [5, 5.41) is 9.80. The van der Waals surface area contributed by atoms with Gasteiger partial charge in [0.1, 0.15) is 40.5 Å². The molecule has 0 amide bonds. The minimum atomic E-state index is -0.953. The number of carbonyl (C=O) groups excluding carboxylic acids is 1. The molecule has 0 spiro atoms. The van der Waals surface area contributed by atoms with Gasteiger partial charge in [-0.25, -0.2) is 9.18 Å². The Balaban J connectivity index is 1.62. The summed E-state index contributed by atoms with van der Waals surface area (Å²) in [4.78, 5) is 12.6. The number of benzene rings is 3. The van der Waals surface area contributed by atoms with Crippen LogP contribution >= 0.6 is 15.9 Å². The second kappa shape index (κ2) is 10.1. The predicted octanol–water partition coefficient (Wildman–Crippen LogP) is 5.19. The summed E-state index contributed by atoms with van der Waals surface area (Å²) >= 11 is 3.46. The maximum Gasteiger partial charge on any atom is 0.352 e. The first-order valence-corrected chi connectivity index (χ1v) is 11.3. The Labute approximate surface area is 209 Å². The average Bonchev–Trinajstić information content (AvgIpc) is 2.84. The van der Waals surface area contributed by atoms with Gasteiger partial charge in [-0.15, -0.1) is 0 Å². The smallest absolute Gasteiger partial charge is 0.352 e. The predicted molar refractivity (Wildman–Crippen MR) is 129 cm³/mol. The SMILES string of the molecule is COc1ccc(Br)cc1C1C(C#N)=C(N)Oc2cc(OC(=O)C(C)Oc3ccc(F)cc3)ccc21. The van der Waals surface area contributed by atoms with Crippen LogP contribution in [0.5, 0.6) is 23.0 Å². The van der Waals surface area contributed by atoms with Gasteiger partial charge in [-0.1, -0.05) is 22.0 Å². The van der Waals surface area contributed by atoms with Crippen LogP contribution < -0.4 is 24.7 Å². The molecular formula is C26H20BrFN2O5. The highest BCUT2D eigenvalue weighted by molar-refractivity contribution is 9.10. The third kappa shape index (κ3) is 5.08. The number of hydrogen-bond acceptors (Lipinski definition) is 7. The third-order valence-corrected chi connectivity index (χ3v) is 5.86. The molecule has 0 aliphatic carbocycles. The van der Waals surface area contributed by atoms with E-state index in [-0.39, 0.29) is 17.2 Å². The fourth-order valence-corrected chi connectivity index (χ4v) is 4.09. The Morgan fingerprint density at radius 1 is 1.11 bits per heavy atom. The van der Waals surface area contributed by atoms with E-state index in [1.165, 1.54) is 37.3 Å². The Bertz CT molecular complexity index is 1350. The van der Waals surface area contributed by atoms with Crippen molar-refractivity contribution >= 4 is 21.9 Å². The van der Waals surface area contributed by atoms with Crippen LogP contribution in [0.2, 0.25) is 0 Å². The van der Waals surface area contributed by atoms with Gasteiger partial charge in [0.05, 0.1) is 13.0 Å². The molecule has 1 heterocycles.